The molecule has 144 valence electrons. The summed E-state index contributed by atoms with van der Waals surface area (Å²) >= 11 is 2.86. The summed E-state index contributed by atoms with van der Waals surface area (Å²) in [4.78, 5) is 18.0. The zero-order valence-electron chi connectivity index (χ0n) is 16.0. The second-order valence-electron chi connectivity index (χ2n) is 6.70. The van der Waals surface area contributed by atoms with Crippen LogP contribution in [0, 0.1) is 19.8 Å². The van der Waals surface area contributed by atoms with Crippen molar-refractivity contribution < 1.29 is 9.21 Å². The Morgan fingerprint density at radius 1 is 1.33 bits per heavy atom. The summed E-state index contributed by atoms with van der Waals surface area (Å²) in [5.74, 6) is 1.64. The van der Waals surface area contributed by atoms with Crippen LogP contribution in [0.3, 0.4) is 0 Å². The van der Waals surface area contributed by atoms with Crippen LogP contribution in [0.5, 0.6) is 0 Å². The van der Waals surface area contributed by atoms with Crippen LogP contribution >= 0.6 is 23.1 Å². The van der Waals surface area contributed by atoms with E-state index in [-0.39, 0.29) is 11.2 Å². The summed E-state index contributed by atoms with van der Waals surface area (Å²) in [7, 11) is 0. The molecule has 0 spiro atoms. The van der Waals surface area contributed by atoms with Crippen LogP contribution < -0.4 is 5.32 Å². The Hall–Kier alpha value is -2.13. The van der Waals surface area contributed by atoms with Crippen molar-refractivity contribution in [3.05, 3.63) is 29.0 Å². The maximum atomic E-state index is 12.6. The molecule has 1 N–H and O–H groups in total. The highest BCUT2D eigenvalue weighted by Crippen LogP contribution is 2.29. The van der Waals surface area contributed by atoms with Crippen molar-refractivity contribution in [2.75, 3.05) is 5.32 Å². The van der Waals surface area contributed by atoms with Crippen molar-refractivity contribution in [1.29, 1.82) is 0 Å². The van der Waals surface area contributed by atoms with Crippen molar-refractivity contribution in [1.82, 2.24) is 19.7 Å². The molecule has 0 aliphatic heterocycles. The Labute approximate surface area is 166 Å². The number of thioether (sulfide) groups is 1. The van der Waals surface area contributed by atoms with E-state index in [2.05, 4.69) is 34.3 Å². The second kappa shape index (κ2) is 8.26. The van der Waals surface area contributed by atoms with Crippen LogP contribution in [0.15, 0.2) is 28.0 Å². The van der Waals surface area contributed by atoms with Crippen LogP contribution in [0.25, 0.3) is 11.6 Å². The van der Waals surface area contributed by atoms with Gasteiger partial charge in [-0.1, -0.05) is 25.6 Å². The van der Waals surface area contributed by atoms with Gasteiger partial charge in [-0.2, -0.15) is 0 Å². The van der Waals surface area contributed by atoms with E-state index in [4.69, 9.17) is 4.42 Å². The third kappa shape index (κ3) is 4.59. The molecule has 9 heteroatoms. The first-order chi connectivity index (χ1) is 12.8. The maximum absolute atomic E-state index is 12.6. The highest BCUT2D eigenvalue weighted by molar-refractivity contribution is 8.00. The fourth-order valence-corrected chi connectivity index (χ4v) is 4.11. The van der Waals surface area contributed by atoms with Crippen molar-refractivity contribution >= 4 is 34.1 Å². The summed E-state index contributed by atoms with van der Waals surface area (Å²) < 4.78 is 7.49. The van der Waals surface area contributed by atoms with Gasteiger partial charge in [0.05, 0.1) is 17.2 Å². The number of anilines is 1. The maximum Gasteiger partial charge on any atom is 0.239 e. The minimum Gasteiger partial charge on any atom is -0.461 e. The van der Waals surface area contributed by atoms with Crippen molar-refractivity contribution in [3.63, 3.8) is 0 Å². The Morgan fingerprint density at radius 3 is 2.70 bits per heavy atom. The van der Waals surface area contributed by atoms with E-state index in [0.717, 1.165) is 17.1 Å². The number of amides is 1. The number of hydrogen-bond acceptors (Lipinski definition) is 7. The first kappa shape index (κ1) is 19.6. The normalized spacial score (nSPS) is 12.5. The monoisotopic (exact) mass is 405 g/mol. The Kier molecular flexibility index (Phi) is 6.01. The quantitative estimate of drug-likeness (QED) is 0.587. The van der Waals surface area contributed by atoms with E-state index < -0.39 is 0 Å². The standard InChI is InChI=1S/C18H23N5O2S2/c1-10(2)9-23-15(14-7-6-8-25-14)21-22-18(23)27-13(5)16(24)20-17-19-11(3)12(4)26-17/h6-8,10,13H,9H2,1-5H3,(H,19,20,24). The lowest BCUT2D eigenvalue weighted by Crippen LogP contribution is -2.23. The zero-order valence-corrected chi connectivity index (χ0v) is 17.6. The van der Waals surface area contributed by atoms with Crippen LogP contribution in [0.1, 0.15) is 31.3 Å². The van der Waals surface area contributed by atoms with Gasteiger partial charge in [-0.25, -0.2) is 4.98 Å². The molecule has 27 heavy (non-hydrogen) atoms. The molecule has 1 amide bonds. The molecular weight excluding hydrogens is 382 g/mol. The molecular formula is C18H23N5O2S2. The smallest absolute Gasteiger partial charge is 0.239 e. The third-order valence-corrected chi connectivity index (χ3v) is 5.98. The van der Waals surface area contributed by atoms with Gasteiger partial charge in [-0.05, 0) is 38.8 Å². The molecule has 3 aromatic heterocycles. The molecule has 0 radical (unpaired) electrons. The SMILES string of the molecule is Cc1nc(NC(=O)C(C)Sc2nnc(-c3ccco3)n2CC(C)C)sc1C. The van der Waals surface area contributed by atoms with Crippen LogP contribution in [-0.4, -0.2) is 30.9 Å². The molecule has 3 aromatic rings. The number of rotatable bonds is 7. The molecule has 0 aromatic carbocycles. The van der Waals surface area contributed by atoms with Gasteiger partial charge in [-0.3, -0.25) is 9.36 Å². The number of hydrogen-bond donors (Lipinski definition) is 1. The third-order valence-electron chi connectivity index (χ3n) is 3.92. The first-order valence-electron chi connectivity index (χ1n) is 8.73. The summed E-state index contributed by atoms with van der Waals surface area (Å²) in [6.45, 7) is 10.8. The molecule has 7 nitrogen and oxygen atoms in total. The van der Waals surface area contributed by atoms with E-state index >= 15 is 0 Å². The molecule has 1 unspecified atom stereocenters. The minimum absolute atomic E-state index is 0.104. The molecule has 1 atom stereocenters. The number of nitrogens with one attached hydrogen (secondary N) is 1. The van der Waals surface area contributed by atoms with Crippen LogP contribution in [0.4, 0.5) is 5.13 Å². The van der Waals surface area contributed by atoms with Gasteiger partial charge >= 0.3 is 0 Å². The molecule has 0 saturated carbocycles. The van der Waals surface area contributed by atoms with E-state index in [0.29, 0.717) is 27.8 Å². The average molecular weight is 406 g/mol. The predicted octanol–water partition coefficient (Wildman–Crippen LogP) is 4.39. The lowest BCUT2D eigenvalue weighted by Gasteiger charge is -2.14. The van der Waals surface area contributed by atoms with Gasteiger partial charge in [0.2, 0.25) is 5.91 Å². The zero-order chi connectivity index (χ0) is 19.6. The topological polar surface area (TPSA) is 85.8 Å². The van der Waals surface area contributed by atoms with E-state index in [1.807, 2.05) is 37.5 Å². The first-order valence-corrected chi connectivity index (χ1v) is 10.4. The average Bonchev–Trinajstić information content (AvgIpc) is 3.30. The highest BCUT2D eigenvalue weighted by atomic mass is 32.2. The van der Waals surface area contributed by atoms with Crippen molar-refractivity contribution in [2.45, 2.75) is 51.6 Å². The van der Waals surface area contributed by atoms with Gasteiger partial charge < -0.3 is 9.73 Å². The molecule has 0 aliphatic rings. The van der Waals surface area contributed by atoms with Gasteiger partial charge in [0.15, 0.2) is 21.9 Å². The van der Waals surface area contributed by atoms with Gasteiger partial charge in [-0.15, -0.1) is 21.5 Å². The number of nitrogens with zero attached hydrogens (tertiary/aromatic N) is 4. The number of aryl methyl sites for hydroxylation is 2. The fourth-order valence-electron chi connectivity index (χ4n) is 2.44. The Balaban J connectivity index is 1.76. The fraction of sp³-hybridized carbons (Fsp3) is 0.444. The van der Waals surface area contributed by atoms with E-state index in [1.165, 1.54) is 23.1 Å². The Morgan fingerprint density at radius 2 is 2.11 bits per heavy atom. The summed E-state index contributed by atoms with van der Waals surface area (Å²) in [5.41, 5.74) is 0.940. The largest absolute Gasteiger partial charge is 0.461 e. The van der Waals surface area contributed by atoms with Crippen LogP contribution in [0.2, 0.25) is 0 Å². The van der Waals surface area contributed by atoms with E-state index in [9.17, 15) is 4.79 Å². The highest BCUT2D eigenvalue weighted by Gasteiger charge is 2.23. The van der Waals surface area contributed by atoms with Crippen LogP contribution in [-0.2, 0) is 11.3 Å². The summed E-state index contributed by atoms with van der Waals surface area (Å²) in [6, 6.07) is 3.68. The number of carbonyl (C=O) groups is 1. The molecule has 3 rings (SSSR count). The minimum atomic E-state index is -0.339. The lowest BCUT2D eigenvalue weighted by atomic mass is 10.2. The number of carbonyl (C=O) groups excluding carboxylic acids is 1. The molecule has 0 saturated heterocycles. The molecule has 0 bridgehead atoms. The molecule has 3 heterocycles. The number of aromatic nitrogens is 4. The molecule has 0 aliphatic carbocycles. The van der Waals surface area contributed by atoms with Gasteiger partial charge in [0.1, 0.15) is 0 Å². The van der Waals surface area contributed by atoms with Crippen molar-refractivity contribution in [2.24, 2.45) is 5.92 Å². The summed E-state index contributed by atoms with van der Waals surface area (Å²) in [6.07, 6.45) is 1.62. The lowest BCUT2D eigenvalue weighted by molar-refractivity contribution is -0.115. The van der Waals surface area contributed by atoms with E-state index in [1.54, 1.807) is 6.26 Å². The molecule has 0 fully saturated rings. The van der Waals surface area contributed by atoms with Crippen molar-refractivity contribution in [3.8, 4) is 11.6 Å². The van der Waals surface area contributed by atoms with Gasteiger partial charge in [0, 0.05) is 11.4 Å². The summed E-state index contributed by atoms with van der Waals surface area (Å²) in [5, 5.41) is 12.5. The Bertz CT molecular complexity index is 895. The number of thiazole rings is 1. The second-order valence-corrected chi connectivity index (χ2v) is 9.21. The predicted molar refractivity (Wildman–Crippen MR) is 108 cm³/mol. The van der Waals surface area contributed by atoms with Gasteiger partial charge in [0.25, 0.3) is 0 Å². The number of furan rings is 1.